The molecule has 0 atom stereocenters. The lowest BCUT2D eigenvalue weighted by Gasteiger charge is -2.10. The maximum atomic E-state index is 13.4. The van der Waals surface area contributed by atoms with E-state index in [2.05, 4.69) is 0 Å². The average molecular weight is 261 g/mol. The molecule has 0 saturated carbocycles. The van der Waals surface area contributed by atoms with Crippen LogP contribution in [-0.4, -0.2) is 7.11 Å². The van der Waals surface area contributed by atoms with Crippen molar-refractivity contribution in [2.75, 3.05) is 12.8 Å². The summed E-state index contributed by atoms with van der Waals surface area (Å²) in [6, 6.07) is 11.9. The Morgan fingerprint density at radius 2 is 1.79 bits per heavy atom. The smallest absolute Gasteiger partial charge is 0.128 e. The van der Waals surface area contributed by atoms with Crippen LogP contribution in [0.3, 0.4) is 0 Å². The minimum absolute atomic E-state index is 0.213. The van der Waals surface area contributed by atoms with Crippen LogP contribution >= 0.6 is 0 Å². The third-order valence-corrected chi connectivity index (χ3v) is 2.78. The summed E-state index contributed by atoms with van der Waals surface area (Å²) in [6.45, 7) is 0.535. The molecule has 2 rings (SSSR count). The number of benzene rings is 2. The quantitative estimate of drug-likeness (QED) is 0.841. The number of halogens is 1. The Kier molecular flexibility index (Phi) is 4.36. The fraction of sp³-hybridized carbons (Fsp3) is 0.200. The zero-order chi connectivity index (χ0) is 13.7. The van der Waals surface area contributed by atoms with E-state index in [-0.39, 0.29) is 12.4 Å². The molecule has 0 aliphatic heterocycles. The molecule has 2 N–H and O–H groups in total. The normalized spacial score (nSPS) is 10.4. The van der Waals surface area contributed by atoms with Gasteiger partial charge in [0.05, 0.1) is 20.3 Å². The van der Waals surface area contributed by atoms with Crippen molar-refractivity contribution in [2.24, 2.45) is 0 Å². The van der Waals surface area contributed by atoms with Gasteiger partial charge in [0.2, 0.25) is 0 Å². The summed E-state index contributed by atoms with van der Waals surface area (Å²) in [5, 5.41) is 0. The number of rotatable bonds is 5. The molecular weight excluding hydrogens is 245 g/mol. The number of nitrogens with two attached hydrogens (primary N) is 1. The Morgan fingerprint density at radius 3 is 2.53 bits per heavy atom. The molecule has 0 saturated heterocycles. The van der Waals surface area contributed by atoms with Gasteiger partial charge in [-0.3, -0.25) is 0 Å². The topological polar surface area (TPSA) is 44.5 Å². The van der Waals surface area contributed by atoms with Gasteiger partial charge in [-0.05, 0) is 24.3 Å². The van der Waals surface area contributed by atoms with Gasteiger partial charge < -0.3 is 15.2 Å². The highest BCUT2D eigenvalue weighted by molar-refractivity contribution is 5.47. The molecule has 0 fully saturated rings. The van der Waals surface area contributed by atoms with Gasteiger partial charge >= 0.3 is 0 Å². The summed E-state index contributed by atoms with van der Waals surface area (Å²) in [5.74, 6) is 0.449. The van der Waals surface area contributed by atoms with Crippen LogP contribution in [0.25, 0.3) is 0 Å². The van der Waals surface area contributed by atoms with E-state index in [4.69, 9.17) is 15.2 Å². The molecule has 100 valence electrons. The van der Waals surface area contributed by atoms with Gasteiger partial charge in [-0.15, -0.1) is 0 Å². The number of hydrogen-bond donors (Lipinski definition) is 1. The molecule has 0 amide bonds. The fourth-order valence-electron chi connectivity index (χ4n) is 1.80. The van der Waals surface area contributed by atoms with E-state index in [1.165, 1.54) is 6.07 Å². The standard InChI is InChI=1S/C15H16FNO2/c1-18-15-7-6-13(17)8-12(15)10-19-9-11-4-2-3-5-14(11)16/h2-8H,9-10,17H2,1H3. The fourth-order valence-corrected chi connectivity index (χ4v) is 1.80. The highest BCUT2D eigenvalue weighted by Gasteiger charge is 2.05. The zero-order valence-corrected chi connectivity index (χ0v) is 10.7. The maximum absolute atomic E-state index is 13.4. The third-order valence-electron chi connectivity index (χ3n) is 2.78. The van der Waals surface area contributed by atoms with E-state index in [1.807, 2.05) is 0 Å². The predicted octanol–water partition coefficient (Wildman–Crippen LogP) is 3.13. The van der Waals surface area contributed by atoms with E-state index >= 15 is 0 Å². The van der Waals surface area contributed by atoms with Crippen LogP contribution in [0.2, 0.25) is 0 Å². The number of anilines is 1. The summed E-state index contributed by atoms with van der Waals surface area (Å²) in [4.78, 5) is 0. The summed E-state index contributed by atoms with van der Waals surface area (Å²) >= 11 is 0. The van der Waals surface area contributed by atoms with Gasteiger partial charge in [-0.2, -0.15) is 0 Å². The number of ether oxygens (including phenoxy) is 2. The van der Waals surface area contributed by atoms with Gasteiger partial charge in [-0.1, -0.05) is 18.2 Å². The summed E-state index contributed by atoms with van der Waals surface area (Å²) in [5.41, 5.74) is 7.74. The van der Waals surface area contributed by atoms with Crippen molar-refractivity contribution in [1.29, 1.82) is 0 Å². The molecule has 3 nitrogen and oxygen atoms in total. The first-order chi connectivity index (χ1) is 9.20. The summed E-state index contributed by atoms with van der Waals surface area (Å²) in [6.07, 6.45) is 0. The second-order valence-electron chi connectivity index (χ2n) is 4.16. The Labute approximate surface area is 111 Å². The van der Waals surface area contributed by atoms with Crippen molar-refractivity contribution >= 4 is 5.69 Å². The molecular formula is C15H16FNO2. The highest BCUT2D eigenvalue weighted by Crippen LogP contribution is 2.22. The molecule has 0 bridgehead atoms. The van der Waals surface area contributed by atoms with Crippen LogP contribution < -0.4 is 10.5 Å². The Morgan fingerprint density at radius 1 is 1.05 bits per heavy atom. The van der Waals surface area contributed by atoms with Crippen molar-refractivity contribution in [3.8, 4) is 5.75 Å². The zero-order valence-electron chi connectivity index (χ0n) is 10.7. The largest absolute Gasteiger partial charge is 0.496 e. The van der Waals surface area contributed by atoms with Gasteiger partial charge in [0.15, 0.2) is 0 Å². The first-order valence-electron chi connectivity index (χ1n) is 5.94. The van der Waals surface area contributed by atoms with Crippen molar-refractivity contribution < 1.29 is 13.9 Å². The van der Waals surface area contributed by atoms with Gasteiger partial charge in [-0.25, -0.2) is 4.39 Å². The molecule has 0 aromatic heterocycles. The van der Waals surface area contributed by atoms with E-state index < -0.39 is 0 Å². The third kappa shape index (κ3) is 3.45. The van der Waals surface area contributed by atoms with Crippen molar-refractivity contribution in [3.05, 3.63) is 59.4 Å². The average Bonchev–Trinajstić information content (AvgIpc) is 2.41. The predicted molar refractivity (Wildman–Crippen MR) is 72.3 cm³/mol. The van der Waals surface area contributed by atoms with Gasteiger partial charge in [0.25, 0.3) is 0 Å². The van der Waals surface area contributed by atoms with Crippen LogP contribution in [0.1, 0.15) is 11.1 Å². The van der Waals surface area contributed by atoms with E-state index in [0.717, 1.165) is 5.56 Å². The van der Waals surface area contributed by atoms with Crippen LogP contribution in [-0.2, 0) is 18.0 Å². The Bertz CT molecular complexity index is 558. The lowest BCUT2D eigenvalue weighted by molar-refractivity contribution is 0.103. The van der Waals surface area contributed by atoms with Crippen molar-refractivity contribution in [1.82, 2.24) is 0 Å². The SMILES string of the molecule is COc1ccc(N)cc1COCc1ccccc1F. The minimum Gasteiger partial charge on any atom is -0.496 e. The molecule has 0 heterocycles. The van der Waals surface area contributed by atoms with E-state index in [0.29, 0.717) is 23.6 Å². The van der Waals surface area contributed by atoms with E-state index in [1.54, 1.807) is 43.5 Å². The van der Waals surface area contributed by atoms with E-state index in [9.17, 15) is 4.39 Å². The Balaban J connectivity index is 2.00. The second kappa shape index (κ2) is 6.20. The highest BCUT2D eigenvalue weighted by atomic mass is 19.1. The number of hydrogen-bond acceptors (Lipinski definition) is 3. The van der Waals surface area contributed by atoms with Crippen LogP contribution in [0.5, 0.6) is 5.75 Å². The van der Waals surface area contributed by atoms with Crippen LogP contribution in [0.4, 0.5) is 10.1 Å². The molecule has 4 heteroatoms. The minimum atomic E-state index is -0.262. The second-order valence-corrected chi connectivity index (χ2v) is 4.16. The Hall–Kier alpha value is -2.07. The number of nitrogen functional groups attached to an aromatic ring is 1. The number of methoxy groups -OCH3 is 1. The van der Waals surface area contributed by atoms with Crippen molar-refractivity contribution in [2.45, 2.75) is 13.2 Å². The molecule has 2 aromatic rings. The lowest BCUT2D eigenvalue weighted by Crippen LogP contribution is -2.00. The van der Waals surface area contributed by atoms with Gasteiger partial charge in [0.1, 0.15) is 11.6 Å². The molecule has 0 spiro atoms. The summed E-state index contributed by atoms with van der Waals surface area (Å²) < 4.78 is 24.1. The van der Waals surface area contributed by atoms with Crippen LogP contribution in [0.15, 0.2) is 42.5 Å². The van der Waals surface area contributed by atoms with Gasteiger partial charge in [0, 0.05) is 16.8 Å². The molecule has 0 radical (unpaired) electrons. The first-order valence-corrected chi connectivity index (χ1v) is 5.94. The summed E-state index contributed by atoms with van der Waals surface area (Å²) in [7, 11) is 1.59. The van der Waals surface area contributed by atoms with Crippen LogP contribution in [0, 0.1) is 5.82 Å². The maximum Gasteiger partial charge on any atom is 0.128 e. The molecule has 0 aliphatic rings. The lowest BCUT2D eigenvalue weighted by atomic mass is 10.2. The molecule has 0 unspecified atom stereocenters. The monoisotopic (exact) mass is 261 g/mol. The first kappa shape index (κ1) is 13.4. The van der Waals surface area contributed by atoms with Crippen molar-refractivity contribution in [3.63, 3.8) is 0 Å². The molecule has 0 aliphatic carbocycles. The molecule has 2 aromatic carbocycles. The molecule has 19 heavy (non-hydrogen) atoms.